The molecule has 0 saturated heterocycles. The number of fused-ring (bicyclic) bond motifs is 2. The zero-order chi connectivity index (χ0) is 27.7. The van der Waals surface area contributed by atoms with E-state index in [0.29, 0.717) is 23.5 Å². The summed E-state index contributed by atoms with van der Waals surface area (Å²) < 4.78 is 8.52. The SMILES string of the molecule is C[C@@H]1CN([C@@H](C)CO)C(=O)c2cc(NC(=O)Cc3cn(C)c4ccccc34)ccc2O[C@@H]1CN(C)CC1CC1. The summed E-state index contributed by atoms with van der Waals surface area (Å²) in [4.78, 5) is 30.8. The van der Waals surface area contributed by atoms with Gasteiger partial charge in [-0.15, -0.1) is 0 Å². The molecule has 0 bridgehead atoms. The van der Waals surface area contributed by atoms with Crippen molar-refractivity contribution >= 4 is 28.4 Å². The molecule has 8 nitrogen and oxygen atoms in total. The van der Waals surface area contributed by atoms with E-state index in [4.69, 9.17) is 4.74 Å². The molecule has 3 aromatic rings. The summed E-state index contributed by atoms with van der Waals surface area (Å²) in [6.07, 6.45) is 4.68. The number of para-hydroxylation sites is 1. The van der Waals surface area contributed by atoms with Gasteiger partial charge in [0.2, 0.25) is 5.91 Å². The van der Waals surface area contributed by atoms with E-state index in [1.54, 1.807) is 23.1 Å². The van der Waals surface area contributed by atoms with Crippen LogP contribution in [-0.2, 0) is 18.3 Å². The van der Waals surface area contributed by atoms with Gasteiger partial charge in [-0.3, -0.25) is 9.59 Å². The molecule has 1 aliphatic carbocycles. The minimum atomic E-state index is -0.333. The quantitative estimate of drug-likeness (QED) is 0.436. The Kier molecular flexibility index (Phi) is 7.96. The average Bonchev–Trinajstić information content (AvgIpc) is 3.68. The van der Waals surface area contributed by atoms with Gasteiger partial charge in [0.1, 0.15) is 11.9 Å². The molecule has 1 aliphatic heterocycles. The average molecular weight is 533 g/mol. The summed E-state index contributed by atoms with van der Waals surface area (Å²) in [6, 6.07) is 13.0. The highest BCUT2D eigenvalue weighted by molar-refractivity contribution is 6.00. The summed E-state index contributed by atoms with van der Waals surface area (Å²) in [5.41, 5.74) is 2.98. The monoisotopic (exact) mass is 532 g/mol. The number of amides is 2. The highest BCUT2D eigenvalue weighted by Crippen LogP contribution is 2.32. The highest BCUT2D eigenvalue weighted by atomic mass is 16.5. The second-order valence-corrected chi connectivity index (χ2v) is 11.5. The first-order chi connectivity index (χ1) is 18.7. The summed E-state index contributed by atoms with van der Waals surface area (Å²) in [6.45, 7) is 6.14. The van der Waals surface area contributed by atoms with E-state index in [0.717, 1.165) is 35.5 Å². The van der Waals surface area contributed by atoms with Gasteiger partial charge in [0.05, 0.1) is 24.6 Å². The maximum Gasteiger partial charge on any atom is 0.258 e. The number of nitrogens with one attached hydrogen (secondary N) is 1. The number of hydrogen-bond acceptors (Lipinski definition) is 5. The molecule has 1 saturated carbocycles. The molecular weight excluding hydrogens is 492 g/mol. The molecule has 1 fully saturated rings. The number of benzene rings is 2. The highest BCUT2D eigenvalue weighted by Gasteiger charge is 2.34. The van der Waals surface area contributed by atoms with Crippen molar-refractivity contribution in [1.82, 2.24) is 14.4 Å². The third-order valence-electron chi connectivity index (χ3n) is 8.04. The lowest BCUT2D eigenvalue weighted by atomic mass is 9.99. The second kappa shape index (κ2) is 11.4. The zero-order valence-electron chi connectivity index (χ0n) is 23.4. The molecule has 2 aromatic carbocycles. The maximum atomic E-state index is 13.7. The van der Waals surface area contributed by atoms with Crippen molar-refractivity contribution in [3.05, 3.63) is 59.8 Å². The maximum absolute atomic E-state index is 13.7. The van der Waals surface area contributed by atoms with Crippen molar-refractivity contribution < 1.29 is 19.4 Å². The number of rotatable bonds is 9. The van der Waals surface area contributed by atoms with Crippen LogP contribution in [0.4, 0.5) is 5.69 Å². The van der Waals surface area contributed by atoms with Crippen LogP contribution >= 0.6 is 0 Å². The first kappa shape index (κ1) is 27.2. The number of likely N-dealkylation sites (N-methyl/N-ethyl adjacent to an activating group) is 1. The van der Waals surface area contributed by atoms with Gasteiger partial charge in [-0.25, -0.2) is 0 Å². The normalized spacial score (nSPS) is 20.4. The van der Waals surface area contributed by atoms with Gasteiger partial charge in [0.15, 0.2) is 0 Å². The smallest absolute Gasteiger partial charge is 0.258 e. The van der Waals surface area contributed by atoms with Crippen molar-refractivity contribution in [3.63, 3.8) is 0 Å². The van der Waals surface area contributed by atoms with Gasteiger partial charge in [0, 0.05) is 55.4 Å². The van der Waals surface area contributed by atoms with E-state index in [-0.39, 0.29) is 42.9 Å². The largest absolute Gasteiger partial charge is 0.488 e. The van der Waals surface area contributed by atoms with Crippen LogP contribution in [0.2, 0.25) is 0 Å². The van der Waals surface area contributed by atoms with E-state index in [2.05, 4.69) is 24.2 Å². The molecule has 0 spiro atoms. The van der Waals surface area contributed by atoms with E-state index in [1.807, 2.05) is 49.0 Å². The molecule has 2 heterocycles. The van der Waals surface area contributed by atoms with Gasteiger partial charge in [-0.05, 0) is 62.6 Å². The van der Waals surface area contributed by atoms with Crippen LogP contribution in [-0.4, -0.2) is 76.7 Å². The zero-order valence-corrected chi connectivity index (χ0v) is 23.4. The Balaban J connectivity index is 1.38. The van der Waals surface area contributed by atoms with Crippen LogP contribution in [0.1, 0.15) is 42.6 Å². The fourth-order valence-electron chi connectivity index (χ4n) is 5.59. The number of carbonyl (C=O) groups is 2. The molecule has 1 aromatic heterocycles. The summed E-state index contributed by atoms with van der Waals surface area (Å²) in [7, 11) is 4.10. The third-order valence-corrected chi connectivity index (χ3v) is 8.04. The Morgan fingerprint density at radius 3 is 2.72 bits per heavy atom. The van der Waals surface area contributed by atoms with Crippen molar-refractivity contribution in [3.8, 4) is 5.75 Å². The number of hydrogen-bond donors (Lipinski definition) is 2. The molecule has 5 rings (SSSR count). The van der Waals surface area contributed by atoms with Crippen LogP contribution in [0.5, 0.6) is 5.75 Å². The molecule has 3 atom stereocenters. The van der Waals surface area contributed by atoms with Crippen LogP contribution in [0, 0.1) is 11.8 Å². The standard InChI is InChI=1S/C31H40N4O4/c1-20-15-35(21(2)19-36)31(38)26-14-24(11-12-28(26)39-29(20)18-33(3)16-22-9-10-22)32-30(37)13-23-17-34(4)27-8-6-5-7-25(23)27/h5-8,11-12,14,17,20-22,29,36H,9-10,13,15-16,18-19H2,1-4H3,(H,32,37)/t20-,21+,29-/m1/s1. The summed E-state index contributed by atoms with van der Waals surface area (Å²) in [5, 5.41) is 13.9. The molecule has 2 amide bonds. The topological polar surface area (TPSA) is 87.0 Å². The van der Waals surface area contributed by atoms with Gasteiger partial charge in [-0.1, -0.05) is 25.1 Å². The minimum Gasteiger partial charge on any atom is -0.488 e. The molecule has 2 N–H and O–H groups in total. The van der Waals surface area contributed by atoms with Crippen LogP contribution < -0.4 is 10.1 Å². The fourth-order valence-corrected chi connectivity index (χ4v) is 5.59. The van der Waals surface area contributed by atoms with Crippen molar-refractivity contribution in [2.45, 2.75) is 45.3 Å². The lowest BCUT2D eigenvalue weighted by Gasteiger charge is -2.38. The molecule has 0 radical (unpaired) electrons. The predicted octanol–water partition coefficient (Wildman–Crippen LogP) is 3.92. The molecule has 0 unspecified atom stereocenters. The number of nitrogens with zero attached hydrogens (tertiary/aromatic N) is 3. The molecule has 39 heavy (non-hydrogen) atoms. The Labute approximate surface area is 230 Å². The van der Waals surface area contributed by atoms with Gasteiger partial charge < -0.3 is 29.5 Å². The number of anilines is 1. The number of aliphatic hydroxyl groups is 1. The number of aliphatic hydroxyl groups excluding tert-OH is 1. The molecule has 8 heteroatoms. The van der Waals surface area contributed by atoms with E-state index in [9.17, 15) is 14.7 Å². The molecule has 2 aliphatic rings. The number of aromatic nitrogens is 1. The van der Waals surface area contributed by atoms with Crippen LogP contribution in [0.3, 0.4) is 0 Å². The Morgan fingerprint density at radius 2 is 1.97 bits per heavy atom. The first-order valence-corrected chi connectivity index (χ1v) is 14.0. The van der Waals surface area contributed by atoms with Crippen LogP contribution in [0.25, 0.3) is 10.9 Å². The van der Waals surface area contributed by atoms with E-state index < -0.39 is 0 Å². The van der Waals surface area contributed by atoms with E-state index in [1.165, 1.54) is 12.8 Å². The Hall–Kier alpha value is -3.36. The Morgan fingerprint density at radius 1 is 1.21 bits per heavy atom. The minimum absolute atomic E-state index is 0.0813. The van der Waals surface area contributed by atoms with Gasteiger partial charge in [0.25, 0.3) is 5.91 Å². The lowest BCUT2D eigenvalue weighted by molar-refractivity contribution is -0.115. The molecule has 208 valence electrons. The molecular formula is C31H40N4O4. The van der Waals surface area contributed by atoms with Gasteiger partial charge in [-0.2, -0.15) is 0 Å². The summed E-state index contributed by atoms with van der Waals surface area (Å²) >= 11 is 0. The van der Waals surface area contributed by atoms with E-state index >= 15 is 0 Å². The number of carbonyl (C=O) groups excluding carboxylic acids is 2. The Bertz CT molecular complexity index is 1350. The second-order valence-electron chi connectivity index (χ2n) is 11.5. The number of aryl methyl sites for hydroxylation is 1. The van der Waals surface area contributed by atoms with Crippen molar-refractivity contribution in [2.75, 3.05) is 38.6 Å². The van der Waals surface area contributed by atoms with Crippen molar-refractivity contribution in [1.29, 1.82) is 0 Å². The van der Waals surface area contributed by atoms with Crippen molar-refractivity contribution in [2.24, 2.45) is 18.9 Å². The first-order valence-electron chi connectivity index (χ1n) is 14.0. The summed E-state index contributed by atoms with van der Waals surface area (Å²) in [5.74, 6) is 1.02. The number of ether oxygens (including phenoxy) is 1. The lowest BCUT2D eigenvalue weighted by Crippen LogP contribution is -2.50. The van der Waals surface area contributed by atoms with Gasteiger partial charge >= 0.3 is 0 Å². The fraction of sp³-hybridized carbons (Fsp3) is 0.484. The third kappa shape index (κ3) is 6.12. The predicted molar refractivity (Wildman–Crippen MR) is 153 cm³/mol. The van der Waals surface area contributed by atoms with Crippen LogP contribution in [0.15, 0.2) is 48.7 Å².